The zero-order valence-corrected chi connectivity index (χ0v) is 15.3. The molecule has 1 aromatic heterocycles. The molecule has 0 saturated carbocycles. The second-order valence-electron chi connectivity index (χ2n) is 6.34. The highest BCUT2D eigenvalue weighted by Gasteiger charge is 2.21. The molecule has 0 aliphatic heterocycles. The van der Waals surface area contributed by atoms with E-state index in [2.05, 4.69) is 5.32 Å². The molecule has 0 aliphatic carbocycles. The largest absolute Gasteiger partial charge is 0.548 e. The van der Waals surface area contributed by atoms with Crippen LogP contribution in [0.3, 0.4) is 0 Å². The minimum atomic E-state index is -1.42. The molecule has 1 amide bonds. The van der Waals surface area contributed by atoms with E-state index >= 15 is 0 Å². The highest BCUT2D eigenvalue weighted by molar-refractivity contribution is 5.86. The summed E-state index contributed by atoms with van der Waals surface area (Å²) in [7, 11) is 0. The lowest BCUT2D eigenvalue weighted by Gasteiger charge is -2.22. The number of hydrogen-bond donors (Lipinski definition) is 1. The van der Waals surface area contributed by atoms with Crippen LogP contribution in [0.15, 0.2) is 63.8 Å². The number of amides is 1. The summed E-state index contributed by atoms with van der Waals surface area (Å²) in [4.78, 5) is 35.4. The van der Waals surface area contributed by atoms with Gasteiger partial charge in [-0.3, -0.25) is 4.79 Å². The minimum absolute atomic E-state index is 0.314. The first kappa shape index (κ1) is 19.2. The van der Waals surface area contributed by atoms with Crippen LogP contribution in [0.4, 0.5) is 0 Å². The molecule has 7 nitrogen and oxygen atoms in total. The molecule has 0 saturated heterocycles. The summed E-state index contributed by atoms with van der Waals surface area (Å²) >= 11 is 0. The Kier molecular flexibility index (Phi) is 5.44. The van der Waals surface area contributed by atoms with Crippen LogP contribution in [0.5, 0.6) is 5.75 Å². The zero-order chi connectivity index (χ0) is 20.3. The number of carbonyl (C=O) groups is 2. The maximum absolute atomic E-state index is 12.4. The van der Waals surface area contributed by atoms with Crippen LogP contribution >= 0.6 is 0 Å². The van der Waals surface area contributed by atoms with Crippen molar-refractivity contribution < 1.29 is 23.8 Å². The summed E-state index contributed by atoms with van der Waals surface area (Å²) in [5.41, 5.74) is 1.02. The van der Waals surface area contributed by atoms with Crippen molar-refractivity contribution in [3.63, 3.8) is 0 Å². The van der Waals surface area contributed by atoms with Crippen molar-refractivity contribution in [2.75, 3.05) is 0 Å². The Bertz CT molecular complexity index is 1070. The first-order valence-electron chi connectivity index (χ1n) is 8.62. The Balaban J connectivity index is 1.75. The third kappa shape index (κ3) is 4.20. The predicted octanol–water partition coefficient (Wildman–Crippen LogP) is 1.48. The van der Waals surface area contributed by atoms with Crippen molar-refractivity contribution in [2.24, 2.45) is 0 Å². The number of aliphatic carboxylic acids is 1. The fourth-order valence-corrected chi connectivity index (χ4v) is 2.82. The average molecular weight is 380 g/mol. The number of carboxylic acids is 1. The van der Waals surface area contributed by atoms with Crippen LogP contribution in [-0.2, 0) is 9.59 Å². The normalized spacial score (nSPS) is 12.9. The molecule has 0 bridgehead atoms. The number of benzene rings is 2. The molecule has 2 atom stereocenters. The Morgan fingerprint density at radius 3 is 2.50 bits per heavy atom. The highest BCUT2D eigenvalue weighted by atomic mass is 16.5. The number of rotatable bonds is 6. The molecule has 3 aromatic rings. The fourth-order valence-electron chi connectivity index (χ4n) is 2.82. The number of hydrogen-bond acceptors (Lipinski definition) is 6. The molecule has 1 heterocycles. The van der Waals surface area contributed by atoms with E-state index < -0.39 is 29.6 Å². The van der Waals surface area contributed by atoms with E-state index in [0.29, 0.717) is 16.9 Å². The van der Waals surface area contributed by atoms with Gasteiger partial charge in [-0.2, -0.15) is 0 Å². The maximum atomic E-state index is 12.4. The highest BCUT2D eigenvalue weighted by Crippen LogP contribution is 2.23. The molecule has 28 heavy (non-hydrogen) atoms. The Morgan fingerprint density at radius 2 is 1.82 bits per heavy atom. The number of nitrogens with one attached hydrogen (secondary N) is 1. The summed E-state index contributed by atoms with van der Waals surface area (Å²) < 4.78 is 10.7. The summed E-state index contributed by atoms with van der Waals surface area (Å²) in [5, 5.41) is 14.6. The van der Waals surface area contributed by atoms with Gasteiger partial charge in [-0.05, 0) is 37.1 Å². The van der Waals surface area contributed by atoms with Crippen molar-refractivity contribution in [3.8, 4) is 5.75 Å². The Hall–Kier alpha value is -3.61. The van der Waals surface area contributed by atoms with Gasteiger partial charge in [-0.25, -0.2) is 4.79 Å². The van der Waals surface area contributed by atoms with Crippen molar-refractivity contribution in [3.05, 3.63) is 76.1 Å². The van der Waals surface area contributed by atoms with Gasteiger partial charge >= 0.3 is 5.63 Å². The standard InChI is InChI=1S/C21H19NO6/c1-12-10-18(23)28-17-11-15(8-9-16(12)17)27-13(2)20(24)22-19(21(25)26)14-6-4-3-5-7-14/h3-11,13,19H,1-2H3,(H,22,24)(H,25,26)/p-1/t13-,19-/m0/s1. The van der Waals surface area contributed by atoms with Crippen LogP contribution in [0.2, 0.25) is 0 Å². The zero-order valence-electron chi connectivity index (χ0n) is 15.3. The number of aryl methyl sites for hydroxylation is 1. The first-order chi connectivity index (χ1) is 13.3. The van der Waals surface area contributed by atoms with Gasteiger partial charge in [0.05, 0.1) is 12.0 Å². The summed E-state index contributed by atoms with van der Waals surface area (Å²) in [6.07, 6.45) is -0.987. The van der Waals surface area contributed by atoms with Crippen molar-refractivity contribution >= 4 is 22.8 Å². The smallest absolute Gasteiger partial charge is 0.336 e. The van der Waals surface area contributed by atoms with E-state index in [9.17, 15) is 19.5 Å². The van der Waals surface area contributed by atoms with Gasteiger partial charge in [-0.15, -0.1) is 0 Å². The molecule has 0 radical (unpaired) electrons. The van der Waals surface area contributed by atoms with Gasteiger partial charge < -0.3 is 24.4 Å². The predicted molar refractivity (Wildman–Crippen MR) is 99.6 cm³/mol. The molecular formula is C21H18NO6-. The van der Waals surface area contributed by atoms with Crippen LogP contribution in [0.25, 0.3) is 11.0 Å². The van der Waals surface area contributed by atoms with Crippen LogP contribution < -0.4 is 20.8 Å². The fraction of sp³-hybridized carbons (Fsp3) is 0.190. The monoisotopic (exact) mass is 380 g/mol. The molecule has 0 spiro atoms. The van der Waals surface area contributed by atoms with E-state index in [-0.39, 0.29) is 0 Å². The van der Waals surface area contributed by atoms with Gasteiger partial charge in [0.2, 0.25) is 0 Å². The van der Waals surface area contributed by atoms with Gasteiger partial charge in [0, 0.05) is 17.5 Å². The molecule has 0 aliphatic rings. The Morgan fingerprint density at radius 1 is 1.11 bits per heavy atom. The van der Waals surface area contributed by atoms with Crippen LogP contribution in [-0.4, -0.2) is 18.0 Å². The van der Waals surface area contributed by atoms with Gasteiger partial charge in [0.15, 0.2) is 6.10 Å². The van der Waals surface area contributed by atoms with Gasteiger partial charge in [-0.1, -0.05) is 30.3 Å². The summed E-state index contributed by atoms with van der Waals surface area (Å²) in [6, 6.07) is 13.2. The van der Waals surface area contributed by atoms with Gasteiger partial charge in [0.25, 0.3) is 5.91 Å². The molecule has 0 unspecified atom stereocenters. The third-order valence-electron chi connectivity index (χ3n) is 4.26. The number of carboxylic acid groups (broad SMARTS) is 1. The van der Waals surface area contributed by atoms with E-state index in [1.165, 1.54) is 19.1 Å². The lowest BCUT2D eigenvalue weighted by Crippen LogP contribution is -2.45. The second-order valence-corrected chi connectivity index (χ2v) is 6.34. The summed E-state index contributed by atoms with van der Waals surface area (Å²) in [6.45, 7) is 3.28. The number of carbonyl (C=O) groups excluding carboxylic acids is 2. The van der Waals surface area contributed by atoms with E-state index in [0.717, 1.165) is 10.9 Å². The molecule has 3 rings (SSSR count). The van der Waals surface area contributed by atoms with Crippen molar-refractivity contribution in [1.29, 1.82) is 0 Å². The quantitative estimate of drug-likeness (QED) is 0.649. The Labute approximate surface area is 160 Å². The molecule has 2 aromatic carbocycles. The van der Waals surface area contributed by atoms with E-state index in [4.69, 9.17) is 9.15 Å². The minimum Gasteiger partial charge on any atom is -0.548 e. The van der Waals surface area contributed by atoms with E-state index in [1.54, 1.807) is 49.4 Å². The van der Waals surface area contributed by atoms with Crippen LogP contribution in [0, 0.1) is 6.92 Å². The first-order valence-corrected chi connectivity index (χ1v) is 8.62. The molecule has 144 valence electrons. The third-order valence-corrected chi connectivity index (χ3v) is 4.26. The lowest BCUT2D eigenvalue weighted by atomic mass is 10.1. The van der Waals surface area contributed by atoms with E-state index in [1.807, 2.05) is 0 Å². The van der Waals surface area contributed by atoms with Crippen LogP contribution in [0.1, 0.15) is 24.1 Å². The number of ether oxygens (including phenoxy) is 1. The van der Waals surface area contributed by atoms with Crippen molar-refractivity contribution in [2.45, 2.75) is 26.0 Å². The molecule has 0 fully saturated rings. The SMILES string of the molecule is Cc1cc(=O)oc2cc(O[C@@H](C)C(=O)N[C@H](C(=O)[O-])c3ccccc3)ccc12. The van der Waals surface area contributed by atoms with Crippen molar-refractivity contribution in [1.82, 2.24) is 5.32 Å². The summed E-state index contributed by atoms with van der Waals surface area (Å²) in [5.74, 6) is -1.73. The lowest BCUT2D eigenvalue weighted by molar-refractivity contribution is -0.308. The topological polar surface area (TPSA) is 109 Å². The maximum Gasteiger partial charge on any atom is 0.336 e. The number of fused-ring (bicyclic) bond motifs is 1. The molecule has 7 heteroatoms. The average Bonchev–Trinajstić information content (AvgIpc) is 2.65. The molecule has 1 N–H and O–H groups in total. The van der Waals surface area contributed by atoms with Gasteiger partial charge in [0.1, 0.15) is 11.3 Å². The molecular weight excluding hydrogens is 362 g/mol. The second kappa shape index (κ2) is 7.96.